The molecule has 3 rings (SSSR count). The van der Waals surface area contributed by atoms with Gasteiger partial charge in [-0.05, 0) is 53.9 Å². The van der Waals surface area contributed by atoms with Crippen LogP contribution in [0.15, 0.2) is 72.8 Å². The first-order chi connectivity index (χ1) is 12.6. The molecule has 0 bridgehead atoms. The van der Waals surface area contributed by atoms with Crippen LogP contribution in [0.3, 0.4) is 0 Å². The average Bonchev–Trinajstić information content (AvgIpc) is 2.67. The summed E-state index contributed by atoms with van der Waals surface area (Å²) in [6, 6.07) is 23.1. The normalized spacial score (nSPS) is 10.3. The quantitative estimate of drug-likeness (QED) is 0.639. The number of benzene rings is 3. The van der Waals surface area contributed by atoms with Crippen LogP contribution >= 0.6 is 0 Å². The number of hydrogen-bond acceptors (Lipinski definition) is 3. The molecule has 26 heavy (non-hydrogen) atoms. The molecule has 0 aromatic heterocycles. The molecule has 0 saturated carbocycles. The highest BCUT2D eigenvalue weighted by Gasteiger charge is 2.05. The van der Waals surface area contributed by atoms with Gasteiger partial charge in [-0.1, -0.05) is 42.5 Å². The minimum Gasteiger partial charge on any atom is -0.489 e. The first-order valence-electron chi connectivity index (χ1n) is 8.45. The van der Waals surface area contributed by atoms with Gasteiger partial charge in [0.2, 0.25) is 0 Å². The molecule has 2 N–H and O–H groups in total. The molecule has 0 atom stereocenters. The van der Waals surface area contributed by atoms with Crippen LogP contribution in [-0.4, -0.2) is 11.1 Å². The predicted molar refractivity (Wildman–Crippen MR) is 103 cm³/mol. The van der Waals surface area contributed by atoms with E-state index >= 15 is 0 Å². The SMILES string of the molecule is Cc1cc(C(=O)O)ccc1NCc1ccc(OCc2ccccc2)cc1. The first-order valence-corrected chi connectivity index (χ1v) is 8.45. The molecule has 3 aromatic rings. The van der Waals surface area contributed by atoms with E-state index in [2.05, 4.69) is 5.32 Å². The van der Waals surface area contributed by atoms with Crippen molar-refractivity contribution < 1.29 is 14.6 Å². The Morgan fingerprint density at radius 1 is 0.962 bits per heavy atom. The molecule has 0 aliphatic carbocycles. The van der Waals surface area contributed by atoms with Gasteiger partial charge >= 0.3 is 5.97 Å². The molecule has 0 aliphatic heterocycles. The molecule has 0 aliphatic rings. The summed E-state index contributed by atoms with van der Waals surface area (Å²) in [7, 11) is 0. The van der Waals surface area contributed by atoms with E-state index in [0.29, 0.717) is 18.7 Å². The number of aromatic carboxylic acids is 1. The first kappa shape index (κ1) is 17.5. The summed E-state index contributed by atoms with van der Waals surface area (Å²) >= 11 is 0. The third kappa shape index (κ3) is 4.63. The fourth-order valence-corrected chi connectivity index (χ4v) is 2.64. The Balaban J connectivity index is 1.55. The van der Waals surface area contributed by atoms with Gasteiger partial charge in [-0.2, -0.15) is 0 Å². The van der Waals surface area contributed by atoms with Crippen molar-refractivity contribution in [1.29, 1.82) is 0 Å². The lowest BCUT2D eigenvalue weighted by Crippen LogP contribution is -2.03. The maximum absolute atomic E-state index is 11.0. The zero-order chi connectivity index (χ0) is 18.4. The van der Waals surface area contributed by atoms with Crippen LogP contribution in [0.5, 0.6) is 5.75 Å². The van der Waals surface area contributed by atoms with E-state index in [1.54, 1.807) is 18.2 Å². The van der Waals surface area contributed by atoms with E-state index in [9.17, 15) is 4.79 Å². The van der Waals surface area contributed by atoms with E-state index in [1.165, 1.54) is 0 Å². The summed E-state index contributed by atoms with van der Waals surface area (Å²) in [5.41, 5.74) is 4.40. The Labute approximate surface area is 153 Å². The van der Waals surface area contributed by atoms with Crippen LogP contribution < -0.4 is 10.1 Å². The number of ether oxygens (including phenoxy) is 1. The number of nitrogens with one attached hydrogen (secondary N) is 1. The van der Waals surface area contributed by atoms with Gasteiger partial charge in [0.15, 0.2) is 0 Å². The number of carboxylic acid groups (broad SMARTS) is 1. The largest absolute Gasteiger partial charge is 0.489 e. The van der Waals surface area contributed by atoms with Gasteiger partial charge in [-0.15, -0.1) is 0 Å². The summed E-state index contributed by atoms with van der Waals surface area (Å²) in [4.78, 5) is 11.0. The molecule has 0 spiro atoms. The molecule has 0 heterocycles. The highest BCUT2D eigenvalue weighted by atomic mass is 16.5. The Kier molecular flexibility index (Phi) is 5.54. The van der Waals surface area contributed by atoms with Crippen LogP contribution in [0.4, 0.5) is 5.69 Å². The van der Waals surface area contributed by atoms with Crippen molar-refractivity contribution >= 4 is 11.7 Å². The molecular formula is C22H21NO3. The van der Waals surface area contributed by atoms with Crippen molar-refractivity contribution in [2.24, 2.45) is 0 Å². The molecule has 0 radical (unpaired) electrons. The van der Waals surface area contributed by atoms with E-state index < -0.39 is 5.97 Å². The second-order valence-electron chi connectivity index (χ2n) is 6.11. The molecule has 3 aromatic carbocycles. The zero-order valence-electron chi connectivity index (χ0n) is 14.6. The van der Waals surface area contributed by atoms with Crippen molar-refractivity contribution in [1.82, 2.24) is 0 Å². The Bertz CT molecular complexity index is 874. The van der Waals surface area contributed by atoms with Gasteiger partial charge in [-0.3, -0.25) is 0 Å². The smallest absolute Gasteiger partial charge is 0.335 e. The van der Waals surface area contributed by atoms with Crippen LogP contribution in [0.25, 0.3) is 0 Å². The van der Waals surface area contributed by atoms with Gasteiger partial charge in [0.1, 0.15) is 12.4 Å². The Morgan fingerprint density at radius 2 is 1.69 bits per heavy atom. The molecule has 4 nitrogen and oxygen atoms in total. The molecule has 4 heteroatoms. The number of carboxylic acids is 1. The molecule has 0 amide bonds. The van der Waals surface area contributed by atoms with Crippen LogP contribution in [0, 0.1) is 6.92 Å². The highest BCUT2D eigenvalue weighted by Crippen LogP contribution is 2.19. The van der Waals surface area contributed by atoms with Crippen molar-refractivity contribution in [2.75, 3.05) is 5.32 Å². The predicted octanol–water partition coefficient (Wildman–Crippen LogP) is 4.88. The fourth-order valence-electron chi connectivity index (χ4n) is 2.64. The van der Waals surface area contributed by atoms with E-state index in [-0.39, 0.29) is 0 Å². The van der Waals surface area contributed by atoms with Gasteiger partial charge in [-0.25, -0.2) is 4.79 Å². The Hall–Kier alpha value is -3.27. The van der Waals surface area contributed by atoms with E-state index in [4.69, 9.17) is 9.84 Å². The zero-order valence-corrected chi connectivity index (χ0v) is 14.6. The number of anilines is 1. The third-order valence-corrected chi connectivity index (χ3v) is 4.13. The number of hydrogen-bond donors (Lipinski definition) is 2. The second kappa shape index (κ2) is 8.21. The van der Waals surface area contributed by atoms with Crippen molar-refractivity contribution in [2.45, 2.75) is 20.1 Å². The molecule has 0 fully saturated rings. The fraction of sp³-hybridized carbons (Fsp3) is 0.136. The van der Waals surface area contributed by atoms with E-state index in [0.717, 1.165) is 28.1 Å². The number of aryl methyl sites for hydroxylation is 1. The van der Waals surface area contributed by atoms with Crippen LogP contribution in [-0.2, 0) is 13.2 Å². The maximum atomic E-state index is 11.0. The molecule has 132 valence electrons. The minimum atomic E-state index is -0.911. The summed E-state index contributed by atoms with van der Waals surface area (Å²) in [6.45, 7) is 3.11. The monoisotopic (exact) mass is 347 g/mol. The summed E-state index contributed by atoms with van der Waals surface area (Å²) < 4.78 is 5.79. The number of rotatable bonds is 7. The summed E-state index contributed by atoms with van der Waals surface area (Å²) in [6.07, 6.45) is 0. The second-order valence-corrected chi connectivity index (χ2v) is 6.11. The molecule has 0 saturated heterocycles. The highest BCUT2D eigenvalue weighted by molar-refractivity contribution is 5.88. The average molecular weight is 347 g/mol. The lowest BCUT2D eigenvalue weighted by molar-refractivity contribution is 0.0697. The van der Waals surface area contributed by atoms with Crippen molar-refractivity contribution in [3.63, 3.8) is 0 Å². The molecular weight excluding hydrogens is 326 g/mol. The third-order valence-electron chi connectivity index (χ3n) is 4.13. The van der Waals surface area contributed by atoms with Gasteiger partial charge in [0.05, 0.1) is 5.56 Å². The Morgan fingerprint density at radius 3 is 2.35 bits per heavy atom. The van der Waals surface area contributed by atoms with Gasteiger partial charge in [0.25, 0.3) is 0 Å². The lowest BCUT2D eigenvalue weighted by Gasteiger charge is -2.11. The van der Waals surface area contributed by atoms with E-state index in [1.807, 2.05) is 61.5 Å². The maximum Gasteiger partial charge on any atom is 0.335 e. The topological polar surface area (TPSA) is 58.6 Å². The number of carbonyl (C=O) groups is 1. The molecule has 0 unspecified atom stereocenters. The van der Waals surface area contributed by atoms with Gasteiger partial charge in [0, 0.05) is 12.2 Å². The van der Waals surface area contributed by atoms with Crippen LogP contribution in [0.2, 0.25) is 0 Å². The summed E-state index contributed by atoms with van der Waals surface area (Å²) in [5.74, 6) is -0.0784. The summed E-state index contributed by atoms with van der Waals surface area (Å²) in [5, 5.41) is 12.4. The van der Waals surface area contributed by atoms with Crippen molar-refractivity contribution in [3.05, 3.63) is 95.1 Å². The minimum absolute atomic E-state index is 0.299. The van der Waals surface area contributed by atoms with Crippen LogP contribution in [0.1, 0.15) is 27.0 Å². The van der Waals surface area contributed by atoms with Gasteiger partial charge < -0.3 is 15.2 Å². The van der Waals surface area contributed by atoms with Crippen molar-refractivity contribution in [3.8, 4) is 5.75 Å². The standard InChI is InChI=1S/C22H21NO3/c1-16-13-19(22(24)25)9-12-21(16)23-14-17-7-10-20(11-8-17)26-15-18-5-3-2-4-6-18/h2-13,23H,14-15H2,1H3,(H,24,25). The lowest BCUT2D eigenvalue weighted by atomic mass is 10.1.